The van der Waals surface area contributed by atoms with Crippen LogP contribution in [0.5, 0.6) is 0 Å². The average Bonchev–Trinajstić information content (AvgIpc) is 3.09. The zero-order valence-corrected chi connectivity index (χ0v) is 14.7. The monoisotopic (exact) mass is 344 g/mol. The molecule has 0 aliphatic carbocycles. The highest BCUT2D eigenvalue weighted by Crippen LogP contribution is 2.19. The van der Waals surface area contributed by atoms with Crippen LogP contribution in [0.25, 0.3) is 0 Å². The van der Waals surface area contributed by atoms with Gasteiger partial charge in [-0.2, -0.15) is 4.98 Å². The van der Waals surface area contributed by atoms with Gasteiger partial charge in [-0.05, 0) is 12.5 Å². The fraction of sp³-hybridized carbons (Fsp3) is 0.500. The van der Waals surface area contributed by atoms with Gasteiger partial charge in [0.2, 0.25) is 11.8 Å². The van der Waals surface area contributed by atoms with Gasteiger partial charge in [0.25, 0.3) is 0 Å². The van der Waals surface area contributed by atoms with Crippen molar-refractivity contribution in [2.75, 3.05) is 33.3 Å². The number of amides is 1. The predicted molar refractivity (Wildman–Crippen MR) is 91.7 cm³/mol. The van der Waals surface area contributed by atoms with E-state index in [4.69, 9.17) is 9.26 Å². The Hall–Kier alpha value is -2.25. The third kappa shape index (κ3) is 4.43. The van der Waals surface area contributed by atoms with E-state index in [0.717, 1.165) is 31.7 Å². The Morgan fingerprint density at radius 3 is 2.64 bits per heavy atom. The minimum atomic E-state index is -0.111. The summed E-state index contributed by atoms with van der Waals surface area (Å²) in [6.07, 6.45) is 0. The van der Waals surface area contributed by atoms with Crippen LogP contribution in [0.1, 0.15) is 30.1 Å². The summed E-state index contributed by atoms with van der Waals surface area (Å²) in [6, 6.07) is 9.92. The van der Waals surface area contributed by atoms with Gasteiger partial charge in [-0.1, -0.05) is 35.5 Å². The van der Waals surface area contributed by atoms with Gasteiger partial charge in [0.05, 0.1) is 12.5 Å². The minimum absolute atomic E-state index is 0.111. The van der Waals surface area contributed by atoms with Crippen LogP contribution in [-0.4, -0.2) is 59.1 Å². The van der Waals surface area contributed by atoms with Gasteiger partial charge in [-0.25, -0.2) is 0 Å². The third-order valence-electron chi connectivity index (χ3n) is 4.50. The molecule has 134 valence electrons. The molecule has 1 atom stereocenters. The molecule has 1 aliphatic rings. The second-order valence-corrected chi connectivity index (χ2v) is 6.27. The standard InChI is InChI=1S/C18H24N4O3/c1-14(15-6-4-3-5-7-15)18(23)22-10-8-21(9-11-22)12-17-19-16(13-24-2)20-25-17/h3-7,14H,8-13H2,1-2H3/t14-/m0/s1. The molecular formula is C18H24N4O3. The number of methoxy groups -OCH3 is 1. The number of ether oxygens (including phenoxy) is 1. The summed E-state index contributed by atoms with van der Waals surface area (Å²) >= 11 is 0. The first kappa shape index (κ1) is 17.6. The van der Waals surface area contributed by atoms with Crippen LogP contribution in [0.4, 0.5) is 0 Å². The van der Waals surface area contributed by atoms with E-state index in [-0.39, 0.29) is 11.8 Å². The highest BCUT2D eigenvalue weighted by Gasteiger charge is 2.26. The molecule has 0 spiro atoms. The molecule has 3 rings (SSSR count). The van der Waals surface area contributed by atoms with E-state index in [2.05, 4.69) is 15.0 Å². The normalized spacial score (nSPS) is 16.8. The number of aromatic nitrogens is 2. The quantitative estimate of drug-likeness (QED) is 0.794. The van der Waals surface area contributed by atoms with Crippen LogP contribution in [0.15, 0.2) is 34.9 Å². The molecule has 25 heavy (non-hydrogen) atoms. The van der Waals surface area contributed by atoms with Crippen LogP contribution in [0, 0.1) is 0 Å². The number of carbonyl (C=O) groups is 1. The highest BCUT2D eigenvalue weighted by atomic mass is 16.5. The zero-order chi connectivity index (χ0) is 17.6. The van der Waals surface area contributed by atoms with Gasteiger partial charge >= 0.3 is 0 Å². The molecule has 1 saturated heterocycles. The van der Waals surface area contributed by atoms with E-state index >= 15 is 0 Å². The smallest absolute Gasteiger partial charge is 0.240 e. The maximum Gasteiger partial charge on any atom is 0.240 e. The number of rotatable bonds is 6. The lowest BCUT2D eigenvalue weighted by atomic mass is 9.99. The molecule has 2 aromatic rings. The average molecular weight is 344 g/mol. The maximum absolute atomic E-state index is 12.7. The van der Waals surface area contributed by atoms with E-state index < -0.39 is 0 Å². The Kier molecular flexibility index (Phi) is 5.78. The van der Waals surface area contributed by atoms with Crippen LogP contribution < -0.4 is 0 Å². The molecule has 1 fully saturated rings. The number of benzene rings is 1. The van der Waals surface area contributed by atoms with E-state index in [0.29, 0.717) is 24.9 Å². The molecular weight excluding hydrogens is 320 g/mol. The first-order chi connectivity index (χ1) is 12.2. The number of hydrogen-bond acceptors (Lipinski definition) is 6. The number of carbonyl (C=O) groups excluding carboxylic acids is 1. The molecule has 1 aromatic carbocycles. The van der Waals surface area contributed by atoms with Crippen molar-refractivity contribution in [2.45, 2.75) is 26.0 Å². The van der Waals surface area contributed by atoms with Crippen LogP contribution in [-0.2, 0) is 22.7 Å². The van der Waals surface area contributed by atoms with Crippen molar-refractivity contribution in [1.82, 2.24) is 19.9 Å². The van der Waals surface area contributed by atoms with Crippen LogP contribution in [0.3, 0.4) is 0 Å². The Morgan fingerprint density at radius 1 is 1.24 bits per heavy atom. The Morgan fingerprint density at radius 2 is 1.96 bits per heavy atom. The molecule has 0 bridgehead atoms. The van der Waals surface area contributed by atoms with Gasteiger partial charge in [-0.3, -0.25) is 9.69 Å². The lowest BCUT2D eigenvalue weighted by Gasteiger charge is -2.35. The van der Waals surface area contributed by atoms with Crippen molar-refractivity contribution in [3.05, 3.63) is 47.6 Å². The fourth-order valence-electron chi connectivity index (χ4n) is 3.02. The lowest BCUT2D eigenvalue weighted by Crippen LogP contribution is -2.49. The second kappa shape index (κ2) is 8.22. The topological polar surface area (TPSA) is 71.7 Å². The summed E-state index contributed by atoms with van der Waals surface area (Å²) in [7, 11) is 1.60. The number of piperazine rings is 1. The molecule has 0 radical (unpaired) electrons. The minimum Gasteiger partial charge on any atom is -0.377 e. The van der Waals surface area contributed by atoms with E-state index in [1.165, 1.54) is 0 Å². The number of nitrogens with zero attached hydrogens (tertiary/aromatic N) is 4. The molecule has 1 aromatic heterocycles. The molecule has 7 heteroatoms. The van der Waals surface area contributed by atoms with Crippen LogP contribution >= 0.6 is 0 Å². The summed E-state index contributed by atoms with van der Waals surface area (Å²) in [5.41, 5.74) is 1.06. The Balaban J connectivity index is 1.50. The SMILES string of the molecule is COCc1noc(CN2CCN(C(=O)[C@@H](C)c3ccccc3)CC2)n1. The van der Waals surface area contributed by atoms with Crippen molar-refractivity contribution in [1.29, 1.82) is 0 Å². The predicted octanol–water partition coefficient (Wildman–Crippen LogP) is 1.66. The Labute approximate surface area is 147 Å². The van der Waals surface area contributed by atoms with Gasteiger partial charge in [0.15, 0.2) is 5.82 Å². The summed E-state index contributed by atoms with van der Waals surface area (Å²) in [6.45, 7) is 5.96. The first-order valence-electron chi connectivity index (χ1n) is 8.54. The third-order valence-corrected chi connectivity index (χ3v) is 4.50. The van der Waals surface area contributed by atoms with Crippen molar-refractivity contribution in [3.8, 4) is 0 Å². The highest BCUT2D eigenvalue weighted by molar-refractivity contribution is 5.83. The van der Waals surface area contributed by atoms with E-state index in [9.17, 15) is 4.79 Å². The van der Waals surface area contributed by atoms with Crippen molar-refractivity contribution in [3.63, 3.8) is 0 Å². The van der Waals surface area contributed by atoms with Crippen molar-refractivity contribution in [2.24, 2.45) is 0 Å². The van der Waals surface area contributed by atoms with Gasteiger partial charge in [0, 0.05) is 33.3 Å². The molecule has 0 N–H and O–H groups in total. The summed E-state index contributed by atoms with van der Waals surface area (Å²) < 4.78 is 10.2. The summed E-state index contributed by atoms with van der Waals surface area (Å²) in [5, 5.41) is 3.87. The molecule has 0 saturated carbocycles. The summed E-state index contributed by atoms with van der Waals surface area (Å²) in [5.74, 6) is 1.22. The van der Waals surface area contributed by atoms with Crippen LogP contribution in [0.2, 0.25) is 0 Å². The molecule has 7 nitrogen and oxygen atoms in total. The fourth-order valence-corrected chi connectivity index (χ4v) is 3.02. The Bertz CT molecular complexity index is 681. The second-order valence-electron chi connectivity index (χ2n) is 6.27. The van der Waals surface area contributed by atoms with Crippen molar-refractivity contribution >= 4 is 5.91 Å². The van der Waals surface area contributed by atoms with Crippen molar-refractivity contribution < 1.29 is 14.1 Å². The first-order valence-corrected chi connectivity index (χ1v) is 8.54. The number of hydrogen-bond donors (Lipinski definition) is 0. The molecule has 1 aliphatic heterocycles. The largest absolute Gasteiger partial charge is 0.377 e. The molecule has 0 unspecified atom stereocenters. The van der Waals surface area contributed by atoms with Gasteiger partial charge in [0.1, 0.15) is 6.61 Å². The van der Waals surface area contributed by atoms with E-state index in [1.807, 2.05) is 42.2 Å². The maximum atomic E-state index is 12.7. The molecule has 2 heterocycles. The lowest BCUT2D eigenvalue weighted by molar-refractivity contribution is -0.134. The summed E-state index contributed by atoms with van der Waals surface area (Å²) in [4.78, 5) is 21.1. The van der Waals surface area contributed by atoms with E-state index in [1.54, 1.807) is 7.11 Å². The van der Waals surface area contributed by atoms with Gasteiger partial charge in [-0.15, -0.1) is 0 Å². The molecule has 1 amide bonds. The van der Waals surface area contributed by atoms with Gasteiger partial charge < -0.3 is 14.2 Å². The zero-order valence-electron chi connectivity index (χ0n) is 14.7.